The minimum Gasteiger partial charge on any atom is -0.383 e. The highest BCUT2D eigenvalue weighted by Gasteiger charge is 2.07. The predicted molar refractivity (Wildman–Crippen MR) is 73.0 cm³/mol. The average Bonchev–Trinajstić information content (AvgIpc) is 2.37. The zero-order chi connectivity index (χ0) is 13.1. The molecule has 18 heavy (non-hydrogen) atoms. The van der Waals surface area contributed by atoms with Gasteiger partial charge in [0.2, 0.25) is 5.95 Å². The van der Waals surface area contributed by atoms with Crippen molar-refractivity contribution >= 4 is 39.2 Å². The number of nitrogens with two attached hydrogens (primary N) is 2. The van der Waals surface area contributed by atoms with E-state index in [-0.39, 0.29) is 11.6 Å². The normalized spacial score (nSPS) is 9.78. The number of hydrogen-bond donors (Lipinski definition) is 3. The van der Waals surface area contributed by atoms with Crippen molar-refractivity contribution in [2.75, 3.05) is 16.8 Å². The molecule has 2 rings (SSSR count). The van der Waals surface area contributed by atoms with Crippen molar-refractivity contribution in [1.29, 1.82) is 5.26 Å². The fourth-order valence-corrected chi connectivity index (χ4v) is 1.47. The smallest absolute Gasteiger partial charge is 0.231 e. The largest absolute Gasteiger partial charge is 0.383 e. The predicted octanol–water partition coefficient (Wildman–Crippen LogP) is 2.02. The summed E-state index contributed by atoms with van der Waals surface area (Å²) in [4.78, 5) is 8.07. The second-order valence-electron chi connectivity index (χ2n) is 3.45. The van der Waals surface area contributed by atoms with Crippen LogP contribution in [0.4, 0.5) is 23.3 Å². The molecule has 0 amide bonds. The highest BCUT2D eigenvalue weighted by atomic mass is 79.9. The average molecular weight is 305 g/mol. The van der Waals surface area contributed by atoms with Gasteiger partial charge < -0.3 is 16.8 Å². The first-order valence-corrected chi connectivity index (χ1v) is 5.75. The maximum Gasteiger partial charge on any atom is 0.231 e. The van der Waals surface area contributed by atoms with Crippen molar-refractivity contribution < 1.29 is 0 Å². The van der Waals surface area contributed by atoms with E-state index in [9.17, 15) is 0 Å². The quantitative estimate of drug-likeness (QED) is 0.782. The van der Waals surface area contributed by atoms with E-state index in [4.69, 9.17) is 16.7 Å². The Morgan fingerprint density at radius 3 is 2.17 bits per heavy atom. The first kappa shape index (κ1) is 12.1. The van der Waals surface area contributed by atoms with Gasteiger partial charge in [0.25, 0.3) is 0 Å². The van der Waals surface area contributed by atoms with Crippen molar-refractivity contribution in [3.8, 4) is 6.07 Å². The highest BCUT2D eigenvalue weighted by molar-refractivity contribution is 9.10. The van der Waals surface area contributed by atoms with Crippen molar-refractivity contribution in [1.82, 2.24) is 9.97 Å². The van der Waals surface area contributed by atoms with Gasteiger partial charge in [-0.05, 0) is 40.2 Å². The molecule has 0 saturated carbocycles. The Morgan fingerprint density at radius 1 is 1.11 bits per heavy atom. The van der Waals surface area contributed by atoms with Gasteiger partial charge in [-0.2, -0.15) is 15.2 Å². The number of anilines is 4. The molecule has 0 unspecified atom stereocenters. The van der Waals surface area contributed by atoms with Crippen molar-refractivity contribution in [2.24, 2.45) is 0 Å². The van der Waals surface area contributed by atoms with Crippen LogP contribution in [0.5, 0.6) is 0 Å². The summed E-state index contributed by atoms with van der Waals surface area (Å²) >= 11 is 3.18. The standard InChI is InChI=1S/C11H9BrN6/c12-8-9(14)17-11(18-10(8)15)16-7-3-1-6(5-13)2-4-7/h1-4H,(H5,14,15,16,17,18). The van der Waals surface area contributed by atoms with Crippen LogP contribution in [0.1, 0.15) is 5.56 Å². The molecule has 0 aliphatic rings. The number of nitriles is 1. The summed E-state index contributed by atoms with van der Waals surface area (Å²) in [5.41, 5.74) is 12.6. The van der Waals surface area contributed by atoms with Gasteiger partial charge in [0.05, 0.1) is 11.6 Å². The molecule has 5 N–H and O–H groups in total. The topological polar surface area (TPSA) is 114 Å². The molecule has 0 aliphatic carbocycles. The number of rotatable bonds is 2. The molecular weight excluding hydrogens is 296 g/mol. The molecule has 1 heterocycles. The monoisotopic (exact) mass is 304 g/mol. The van der Waals surface area contributed by atoms with Crippen LogP contribution < -0.4 is 16.8 Å². The van der Waals surface area contributed by atoms with E-state index in [0.717, 1.165) is 5.69 Å². The van der Waals surface area contributed by atoms with Gasteiger partial charge in [-0.1, -0.05) is 0 Å². The Labute approximate surface area is 112 Å². The fraction of sp³-hybridized carbons (Fsp3) is 0. The fourth-order valence-electron chi connectivity index (χ4n) is 1.30. The van der Waals surface area contributed by atoms with E-state index < -0.39 is 0 Å². The number of nitrogen functional groups attached to an aromatic ring is 2. The first-order valence-electron chi connectivity index (χ1n) is 4.96. The van der Waals surface area contributed by atoms with Crippen LogP contribution in [-0.2, 0) is 0 Å². The number of nitrogens with one attached hydrogen (secondary N) is 1. The molecule has 0 bridgehead atoms. The lowest BCUT2D eigenvalue weighted by Crippen LogP contribution is -2.04. The summed E-state index contributed by atoms with van der Waals surface area (Å²) in [7, 11) is 0. The van der Waals surface area contributed by atoms with Crippen LogP contribution >= 0.6 is 15.9 Å². The number of nitrogens with zero attached hydrogens (tertiary/aromatic N) is 3. The van der Waals surface area contributed by atoms with Crippen molar-refractivity contribution in [3.63, 3.8) is 0 Å². The summed E-state index contributed by atoms with van der Waals surface area (Å²) in [5, 5.41) is 11.6. The first-order chi connectivity index (χ1) is 8.60. The molecule has 90 valence electrons. The molecule has 0 saturated heterocycles. The molecule has 0 fully saturated rings. The zero-order valence-electron chi connectivity index (χ0n) is 9.18. The van der Waals surface area contributed by atoms with Crippen LogP contribution in [-0.4, -0.2) is 9.97 Å². The van der Waals surface area contributed by atoms with E-state index in [1.54, 1.807) is 24.3 Å². The molecule has 0 radical (unpaired) electrons. The maximum atomic E-state index is 8.69. The summed E-state index contributed by atoms with van der Waals surface area (Å²) in [6, 6.07) is 8.91. The summed E-state index contributed by atoms with van der Waals surface area (Å²) < 4.78 is 0.480. The van der Waals surface area contributed by atoms with Gasteiger partial charge in [0, 0.05) is 5.69 Å². The van der Waals surface area contributed by atoms with Crippen molar-refractivity contribution in [3.05, 3.63) is 34.3 Å². The molecule has 1 aromatic carbocycles. The molecule has 0 aliphatic heterocycles. The van der Waals surface area contributed by atoms with Crippen LogP contribution in [0.15, 0.2) is 28.7 Å². The van der Waals surface area contributed by atoms with E-state index in [0.29, 0.717) is 16.0 Å². The second kappa shape index (κ2) is 4.89. The lowest BCUT2D eigenvalue weighted by molar-refractivity contribution is 1.17. The lowest BCUT2D eigenvalue weighted by Gasteiger charge is -2.07. The highest BCUT2D eigenvalue weighted by Crippen LogP contribution is 2.25. The van der Waals surface area contributed by atoms with Crippen molar-refractivity contribution in [2.45, 2.75) is 0 Å². The van der Waals surface area contributed by atoms with Crippen LogP contribution in [0.2, 0.25) is 0 Å². The third-order valence-electron chi connectivity index (χ3n) is 2.17. The van der Waals surface area contributed by atoms with Gasteiger partial charge in [0.15, 0.2) is 0 Å². The van der Waals surface area contributed by atoms with Gasteiger partial charge in [-0.25, -0.2) is 0 Å². The summed E-state index contributed by atoms with van der Waals surface area (Å²) in [6.07, 6.45) is 0. The number of benzene rings is 1. The van der Waals surface area contributed by atoms with E-state index >= 15 is 0 Å². The minimum absolute atomic E-state index is 0.263. The SMILES string of the molecule is N#Cc1ccc(Nc2nc(N)c(Br)c(N)n2)cc1. The summed E-state index contributed by atoms with van der Waals surface area (Å²) in [6.45, 7) is 0. The molecule has 0 spiro atoms. The Kier molecular flexibility index (Phi) is 3.30. The molecule has 0 atom stereocenters. The lowest BCUT2D eigenvalue weighted by atomic mass is 10.2. The van der Waals surface area contributed by atoms with Gasteiger partial charge in [0.1, 0.15) is 16.1 Å². The summed E-state index contributed by atoms with van der Waals surface area (Å²) in [5.74, 6) is 0.829. The molecular formula is C11H9BrN6. The van der Waals surface area contributed by atoms with Crippen LogP contribution in [0.3, 0.4) is 0 Å². The van der Waals surface area contributed by atoms with Gasteiger partial charge >= 0.3 is 0 Å². The Balaban J connectivity index is 2.26. The van der Waals surface area contributed by atoms with Gasteiger partial charge in [-0.3, -0.25) is 0 Å². The van der Waals surface area contributed by atoms with Crippen LogP contribution in [0.25, 0.3) is 0 Å². The maximum absolute atomic E-state index is 8.69. The third kappa shape index (κ3) is 2.49. The third-order valence-corrected chi connectivity index (χ3v) is 2.99. The second-order valence-corrected chi connectivity index (χ2v) is 4.24. The number of aromatic nitrogens is 2. The Bertz CT molecular complexity index is 593. The number of hydrogen-bond acceptors (Lipinski definition) is 6. The number of halogens is 1. The molecule has 7 heteroatoms. The van der Waals surface area contributed by atoms with E-state index in [2.05, 4.69) is 31.2 Å². The van der Waals surface area contributed by atoms with E-state index in [1.165, 1.54) is 0 Å². The Hall–Kier alpha value is -2.33. The zero-order valence-corrected chi connectivity index (χ0v) is 10.8. The molecule has 6 nitrogen and oxygen atoms in total. The van der Waals surface area contributed by atoms with Crippen LogP contribution in [0, 0.1) is 11.3 Å². The molecule has 2 aromatic rings. The minimum atomic E-state index is 0.263. The molecule has 1 aromatic heterocycles. The van der Waals surface area contributed by atoms with Gasteiger partial charge in [-0.15, -0.1) is 0 Å². The Morgan fingerprint density at radius 2 is 1.67 bits per heavy atom. The van der Waals surface area contributed by atoms with E-state index in [1.807, 2.05) is 6.07 Å².